The number of aromatic nitrogens is 2. The molecule has 5 nitrogen and oxygen atoms in total. The second kappa shape index (κ2) is 7.10. The number of aromatic amines is 1. The van der Waals surface area contributed by atoms with E-state index in [2.05, 4.69) is 29.0 Å². The molecule has 0 aliphatic heterocycles. The lowest BCUT2D eigenvalue weighted by molar-refractivity contribution is -0.124. The van der Waals surface area contributed by atoms with Gasteiger partial charge in [0, 0.05) is 12.5 Å². The van der Waals surface area contributed by atoms with Gasteiger partial charge in [-0.05, 0) is 48.2 Å². The SMILES string of the molecule is Cc1ccc2nc(CCc3ccccc3/C=C/C(=O)NO)[nH]c2c1. The van der Waals surface area contributed by atoms with E-state index < -0.39 is 5.91 Å². The number of aryl methyl sites for hydroxylation is 3. The Hall–Kier alpha value is -2.92. The van der Waals surface area contributed by atoms with E-state index in [4.69, 9.17) is 5.21 Å². The van der Waals surface area contributed by atoms with Crippen LogP contribution in [0.5, 0.6) is 0 Å². The van der Waals surface area contributed by atoms with E-state index in [1.807, 2.05) is 30.3 Å². The number of nitrogens with zero attached hydrogens (tertiary/aromatic N) is 1. The molecule has 0 saturated heterocycles. The Bertz CT molecular complexity index is 897. The predicted molar refractivity (Wildman–Crippen MR) is 93.6 cm³/mol. The summed E-state index contributed by atoms with van der Waals surface area (Å²) in [6.07, 6.45) is 4.59. The molecule has 122 valence electrons. The van der Waals surface area contributed by atoms with Crippen molar-refractivity contribution in [2.75, 3.05) is 0 Å². The number of rotatable bonds is 5. The normalized spacial score (nSPS) is 11.2. The number of imidazole rings is 1. The van der Waals surface area contributed by atoms with Gasteiger partial charge < -0.3 is 4.98 Å². The van der Waals surface area contributed by atoms with Gasteiger partial charge in [0.15, 0.2) is 0 Å². The molecule has 0 fully saturated rings. The van der Waals surface area contributed by atoms with Gasteiger partial charge in [-0.2, -0.15) is 0 Å². The van der Waals surface area contributed by atoms with E-state index in [-0.39, 0.29) is 0 Å². The van der Waals surface area contributed by atoms with Crippen molar-refractivity contribution in [1.82, 2.24) is 15.4 Å². The Labute approximate surface area is 140 Å². The first-order valence-electron chi connectivity index (χ1n) is 7.81. The summed E-state index contributed by atoms with van der Waals surface area (Å²) < 4.78 is 0. The average Bonchev–Trinajstić information content (AvgIpc) is 3.00. The van der Waals surface area contributed by atoms with E-state index in [1.165, 1.54) is 11.6 Å². The lowest BCUT2D eigenvalue weighted by Gasteiger charge is -2.04. The van der Waals surface area contributed by atoms with Crippen molar-refractivity contribution in [2.45, 2.75) is 19.8 Å². The largest absolute Gasteiger partial charge is 0.342 e. The zero-order valence-electron chi connectivity index (χ0n) is 13.4. The van der Waals surface area contributed by atoms with Crippen molar-refractivity contribution in [3.05, 3.63) is 71.1 Å². The summed E-state index contributed by atoms with van der Waals surface area (Å²) in [6.45, 7) is 2.06. The summed E-state index contributed by atoms with van der Waals surface area (Å²) in [5, 5.41) is 8.56. The molecule has 0 aliphatic rings. The van der Waals surface area contributed by atoms with Gasteiger partial charge >= 0.3 is 0 Å². The number of carbonyl (C=O) groups is 1. The molecule has 0 spiro atoms. The number of hydrogen-bond acceptors (Lipinski definition) is 3. The summed E-state index contributed by atoms with van der Waals surface area (Å²) in [7, 11) is 0. The van der Waals surface area contributed by atoms with Crippen LogP contribution >= 0.6 is 0 Å². The molecule has 3 rings (SSSR count). The van der Waals surface area contributed by atoms with Crippen LogP contribution in [0.15, 0.2) is 48.5 Å². The van der Waals surface area contributed by atoms with Crippen LogP contribution in [0.25, 0.3) is 17.1 Å². The van der Waals surface area contributed by atoms with Gasteiger partial charge in [-0.15, -0.1) is 0 Å². The first-order valence-corrected chi connectivity index (χ1v) is 7.81. The molecule has 5 heteroatoms. The standard InChI is InChI=1S/C19H19N3O2/c1-13-6-9-16-17(12-13)21-18(20-16)10-7-14-4-2-3-5-15(14)8-11-19(23)22-24/h2-6,8-9,11-12,24H,7,10H2,1H3,(H,20,21)(H,22,23)/b11-8+. The maximum atomic E-state index is 11.1. The number of carbonyl (C=O) groups excluding carboxylic acids is 1. The highest BCUT2D eigenvalue weighted by Crippen LogP contribution is 2.16. The molecule has 0 radical (unpaired) electrons. The van der Waals surface area contributed by atoms with Crippen LogP contribution in [-0.2, 0) is 17.6 Å². The predicted octanol–water partition coefficient (Wildman–Crippen LogP) is 3.18. The van der Waals surface area contributed by atoms with Crippen molar-refractivity contribution in [1.29, 1.82) is 0 Å². The molecule has 24 heavy (non-hydrogen) atoms. The summed E-state index contributed by atoms with van der Waals surface area (Å²) in [5.74, 6) is 0.403. The van der Waals surface area contributed by atoms with Crippen LogP contribution in [0.3, 0.4) is 0 Å². The van der Waals surface area contributed by atoms with Crippen LogP contribution in [0.4, 0.5) is 0 Å². The Morgan fingerprint density at radius 3 is 2.92 bits per heavy atom. The van der Waals surface area contributed by atoms with Gasteiger partial charge in [0.25, 0.3) is 5.91 Å². The fourth-order valence-corrected chi connectivity index (χ4v) is 2.67. The molecule has 0 unspecified atom stereocenters. The van der Waals surface area contributed by atoms with E-state index in [0.29, 0.717) is 0 Å². The topological polar surface area (TPSA) is 78.0 Å². The van der Waals surface area contributed by atoms with Gasteiger partial charge in [0.05, 0.1) is 11.0 Å². The maximum absolute atomic E-state index is 11.1. The Morgan fingerprint density at radius 1 is 1.25 bits per heavy atom. The van der Waals surface area contributed by atoms with E-state index in [1.54, 1.807) is 11.6 Å². The van der Waals surface area contributed by atoms with Gasteiger partial charge in [-0.25, -0.2) is 10.5 Å². The Morgan fingerprint density at radius 2 is 2.08 bits per heavy atom. The maximum Gasteiger partial charge on any atom is 0.267 e. The average molecular weight is 321 g/mol. The number of benzene rings is 2. The van der Waals surface area contributed by atoms with Crippen LogP contribution in [0.1, 0.15) is 22.5 Å². The molecule has 1 aromatic heterocycles. The molecule has 2 aromatic carbocycles. The highest BCUT2D eigenvalue weighted by Gasteiger charge is 2.05. The summed E-state index contributed by atoms with van der Waals surface area (Å²) in [4.78, 5) is 19.1. The lowest BCUT2D eigenvalue weighted by atomic mass is 10.0. The molecule has 1 heterocycles. The molecule has 1 amide bonds. The van der Waals surface area contributed by atoms with E-state index in [0.717, 1.165) is 40.8 Å². The zero-order valence-corrected chi connectivity index (χ0v) is 13.4. The highest BCUT2D eigenvalue weighted by atomic mass is 16.5. The molecule has 0 bridgehead atoms. The van der Waals surface area contributed by atoms with Gasteiger partial charge in [0.1, 0.15) is 5.82 Å². The first kappa shape index (κ1) is 16.0. The monoisotopic (exact) mass is 321 g/mol. The number of hydrogen-bond donors (Lipinski definition) is 3. The van der Waals surface area contributed by atoms with E-state index >= 15 is 0 Å². The Balaban J connectivity index is 1.76. The number of amides is 1. The minimum atomic E-state index is -0.544. The summed E-state index contributed by atoms with van der Waals surface area (Å²) in [6, 6.07) is 14.0. The molecule has 3 N–H and O–H groups in total. The van der Waals surface area contributed by atoms with Crippen molar-refractivity contribution in [3.8, 4) is 0 Å². The highest BCUT2D eigenvalue weighted by molar-refractivity contribution is 5.91. The minimum Gasteiger partial charge on any atom is -0.342 e. The van der Waals surface area contributed by atoms with Crippen molar-refractivity contribution in [2.24, 2.45) is 0 Å². The van der Waals surface area contributed by atoms with Crippen molar-refractivity contribution < 1.29 is 10.0 Å². The number of hydroxylamine groups is 1. The van der Waals surface area contributed by atoms with Crippen LogP contribution in [-0.4, -0.2) is 21.1 Å². The third-order valence-electron chi connectivity index (χ3n) is 3.90. The zero-order chi connectivity index (χ0) is 16.9. The fourth-order valence-electron chi connectivity index (χ4n) is 2.67. The lowest BCUT2D eigenvalue weighted by Crippen LogP contribution is -2.14. The number of nitrogens with one attached hydrogen (secondary N) is 2. The van der Waals surface area contributed by atoms with Crippen molar-refractivity contribution in [3.63, 3.8) is 0 Å². The molecule has 3 aromatic rings. The number of fused-ring (bicyclic) bond motifs is 1. The van der Waals surface area contributed by atoms with Crippen LogP contribution in [0.2, 0.25) is 0 Å². The smallest absolute Gasteiger partial charge is 0.267 e. The summed E-state index contributed by atoms with van der Waals surface area (Å²) in [5.41, 5.74) is 6.90. The first-order chi connectivity index (χ1) is 11.7. The summed E-state index contributed by atoms with van der Waals surface area (Å²) >= 11 is 0. The molecular weight excluding hydrogens is 302 g/mol. The molecule has 0 saturated carbocycles. The quantitative estimate of drug-likeness (QED) is 0.384. The van der Waals surface area contributed by atoms with Gasteiger partial charge in [-0.1, -0.05) is 30.3 Å². The second-order valence-corrected chi connectivity index (χ2v) is 5.71. The van der Waals surface area contributed by atoms with Gasteiger partial charge in [0.2, 0.25) is 0 Å². The third-order valence-corrected chi connectivity index (χ3v) is 3.90. The van der Waals surface area contributed by atoms with Crippen molar-refractivity contribution >= 4 is 23.0 Å². The van der Waals surface area contributed by atoms with E-state index in [9.17, 15) is 4.79 Å². The Kier molecular flexibility index (Phi) is 4.72. The van der Waals surface area contributed by atoms with Crippen LogP contribution < -0.4 is 5.48 Å². The molecule has 0 atom stereocenters. The number of H-pyrrole nitrogens is 1. The minimum absolute atomic E-state index is 0.544. The van der Waals surface area contributed by atoms with Gasteiger partial charge in [-0.3, -0.25) is 10.0 Å². The third kappa shape index (κ3) is 3.70. The molecule has 0 aliphatic carbocycles. The second-order valence-electron chi connectivity index (χ2n) is 5.71. The fraction of sp³-hybridized carbons (Fsp3) is 0.158. The van der Waals surface area contributed by atoms with Crippen LogP contribution in [0, 0.1) is 6.92 Å². The molecular formula is C19H19N3O2.